The maximum Gasteiger partial charge on any atom is 0.227 e. The summed E-state index contributed by atoms with van der Waals surface area (Å²) in [5.74, 6) is -0.383. The number of benzene rings is 1. The van der Waals surface area contributed by atoms with E-state index in [0.717, 1.165) is 32.5 Å². The SMILES string of the molecule is COc1cc([C@H](CC(=O)N[C@H]2CN3CCC2CC3)c2oc(C)cc(=O)c2O)ccc1O. The van der Waals surface area contributed by atoms with Crippen molar-refractivity contribution in [1.29, 1.82) is 0 Å². The molecule has 0 aliphatic carbocycles. The number of methoxy groups -OCH3 is 1. The van der Waals surface area contributed by atoms with E-state index in [-0.39, 0.29) is 35.6 Å². The van der Waals surface area contributed by atoms with E-state index in [1.807, 2.05) is 0 Å². The lowest BCUT2D eigenvalue weighted by molar-refractivity contribution is -0.123. The molecule has 166 valence electrons. The number of hydrogen-bond donors (Lipinski definition) is 3. The van der Waals surface area contributed by atoms with Crippen LogP contribution in [-0.4, -0.2) is 53.8 Å². The normalized spacial score (nSPS) is 23.4. The Kier molecular flexibility index (Phi) is 5.91. The molecule has 3 fully saturated rings. The average molecular weight is 428 g/mol. The Morgan fingerprint density at radius 1 is 1.29 bits per heavy atom. The zero-order valence-corrected chi connectivity index (χ0v) is 17.8. The van der Waals surface area contributed by atoms with Gasteiger partial charge in [-0.15, -0.1) is 0 Å². The van der Waals surface area contributed by atoms with Crippen LogP contribution in [0.2, 0.25) is 0 Å². The quantitative estimate of drug-likeness (QED) is 0.646. The number of hydrogen-bond acceptors (Lipinski definition) is 7. The van der Waals surface area contributed by atoms with Gasteiger partial charge in [0.1, 0.15) is 5.76 Å². The predicted octanol–water partition coefficient (Wildman–Crippen LogP) is 2.10. The van der Waals surface area contributed by atoms with Crippen LogP contribution in [0.1, 0.15) is 42.3 Å². The van der Waals surface area contributed by atoms with E-state index in [4.69, 9.17) is 9.15 Å². The van der Waals surface area contributed by atoms with Crippen LogP contribution < -0.4 is 15.5 Å². The van der Waals surface area contributed by atoms with Crippen molar-refractivity contribution >= 4 is 5.91 Å². The molecule has 0 saturated carbocycles. The number of carbonyl (C=O) groups excluding carboxylic acids is 1. The Hall–Kier alpha value is -3.00. The lowest BCUT2D eigenvalue weighted by atomic mass is 9.83. The van der Waals surface area contributed by atoms with E-state index in [2.05, 4.69) is 10.2 Å². The molecule has 1 aromatic carbocycles. The molecule has 8 nitrogen and oxygen atoms in total. The number of phenolic OH excluding ortho intramolecular Hbond substituents is 1. The van der Waals surface area contributed by atoms with Gasteiger partial charge in [-0.25, -0.2) is 0 Å². The summed E-state index contributed by atoms with van der Waals surface area (Å²) in [5.41, 5.74) is 0.0232. The van der Waals surface area contributed by atoms with Crippen LogP contribution in [-0.2, 0) is 4.79 Å². The molecule has 0 unspecified atom stereocenters. The second kappa shape index (κ2) is 8.63. The van der Waals surface area contributed by atoms with Gasteiger partial charge < -0.3 is 29.6 Å². The first-order chi connectivity index (χ1) is 14.9. The number of rotatable bonds is 6. The standard InChI is InChI=1S/C23H28N2O6/c1-13-9-19(27)22(29)23(31-13)16(15-3-4-18(26)20(10-15)30-2)11-21(28)24-17-12-25-7-5-14(17)6-8-25/h3-4,9-10,14,16-17,26,29H,5-8,11-12H2,1-2H3,(H,24,28)/t16-,17-/m0/s1. The van der Waals surface area contributed by atoms with Crippen molar-refractivity contribution in [3.63, 3.8) is 0 Å². The number of aryl methyl sites for hydroxylation is 1. The monoisotopic (exact) mass is 428 g/mol. The summed E-state index contributed by atoms with van der Waals surface area (Å²) >= 11 is 0. The number of piperidine rings is 3. The summed E-state index contributed by atoms with van der Waals surface area (Å²) in [6.07, 6.45) is 2.14. The number of nitrogens with zero attached hydrogens (tertiary/aromatic N) is 1. The maximum absolute atomic E-state index is 13.0. The van der Waals surface area contributed by atoms with Crippen LogP contribution in [0.15, 0.2) is 33.5 Å². The minimum Gasteiger partial charge on any atom is -0.504 e. The molecule has 5 rings (SSSR count). The highest BCUT2D eigenvalue weighted by Crippen LogP contribution is 2.37. The van der Waals surface area contributed by atoms with Crippen molar-refractivity contribution in [3.8, 4) is 17.2 Å². The topological polar surface area (TPSA) is 112 Å². The van der Waals surface area contributed by atoms with Crippen molar-refractivity contribution in [1.82, 2.24) is 10.2 Å². The molecule has 4 heterocycles. The van der Waals surface area contributed by atoms with Gasteiger partial charge in [0, 0.05) is 25.1 Å². The third kappa shape index (κ3) is 4.39. The summed E-state index contributed by atoms with van der Waals surface area (Å²) in [5, 5.41) is 23.5. The van der Waals surface area contributed by atoms with E-state index in [1.54, 1.807) is 19.1 Å². The van der Waals surface area contributed by atoms with Gasteiger partial charge >= 0.3 is 0 Å². The Bertz CT molecular complexity index is 1030. The van der Waals surface area contributed by atoms with Crippen molar-refractivity contribution in [3.05, 3.63) is 51.6 Å². The van der Waals surface area contributed by atoms with E-state index >= 15 is 0 Å². The third-order valence-corrected chi connectivity index (χ3v) is 6.39. The number of nitrogens with one attached hydrogen (secondary N) is 1. The minimum absolute atomic E-state index is 0.0168. The molecule has 2 bridgehead atoms. The van der Waals surface area contributed by atoms with Gasteiger partial charge in [-0.1, -0.05) is 6.07 Å². The Morgan fingerprint density at radius 3 is 2.68 bits per heavy atom. The molecule has 1 amide bonds. The van der Waals surface area contributed by atoms with Crippen LogP contribution in [0.25, 0.3) is 0 Å². The fraction of sp³-hybridized carbons (Fsp3) is 0.478. The molecule has 3 saturated heterocycles. The van der Waals surface area contributed by atoms with Crippen LogP contribution in [0.3, 0.4) is 0 Å². The smallest absolute Gasteiger partial charge is 0.227 e. The average Bonchev–Trinajstić information content (AvgIpc) is 2.76. The van der Waals surface area contributed by atoms with Gasteiger partial charge in [0.25, 0.3) is 0 Å². The first-order valence-electron chi connectivity index (χ1n) is 10.6. The molecule has 31 heavy (non-hydrogen) atoms. The molecule has 8 heteroatoms. The molecule has 1 aromatic heterocycles. The molecular formula is C23H28N2O6. The summed E-state index contributed by atoms with van der Waals surface area (Å²) < 4.78 is 10.9. The first-order valence-corrected chi connectivity index (χ1v) is 10.6. The zero-order chi connectivity index (χ0) is 22.1. The lowest BCUT2D eigenvalue weighted by Gasteiger charge is -2.45. The number of amides is 1. The van der Waals surface area contributed by atoms with Gasteiger partial charge in [-0.3, -0.25) is 9.59 Å². The van der Waals surface area contributed by atoms with Crippen molar-refractivity contribution in [2.24, 2.45) is 5.92 Å². The van der Waals surface area contributed by atoms with E-state index in [1.165, 1.54) is 19.2 Å². The molecule has 2 atom stereocenters. The highest BCUT2D eigenvalue weighted by Gasteiger charge is 2.35. The molecule has 3 N–H and O–H groups in total. The summed E-state index contributed by atoms with van der Waals surface area (Å²) in [6.45, 7) is 4.62. The Balaban J connectivity index is 1.64. The number of phenols is 1. The lowest BCUT2D eigenvalue weighted by Crippen LogP contribution is -2.57. The number of fused-ring (bicyclic) bond motifs is 3. The largest absolute Gasteiger partial charge is 0.504 e. The number of carbonyl (C=O) groups is 1. The van der Waals surface area contributed by atoms with E-state index in [0.29, 0.717) is 17.2 Å². The fourth-order valence-corrected chi connectivity index (χ4v) is 4.71. The molecular weight excluding hydrogens is 400 g/mol. The second-order valence-electron chi connectivity index (χ2n) is 8.43. The molecule has 0 radical (unpaired) electrons. The summed E-state index contributed by atoms with van der Waals surface area (Å²) in [6, 6.07) is 5.98. The van der Waals surface area contributed by atoms with Gasteiger partial charge in [0.15, 0.2) is 17.3 Å². The van der Waals surface area contributed by atoms with Crippen LogP contribution in [0, 0.1) is 12.8 Å². The first kappa shape index (κ1) is 21.2. The van der Waals surface area contributed by atoms with Crippen LogP contribution in [0.5, 0.6) is 17.2 Å². The minimum atomic E-state index is -0.719. The maximum atomic E-state index is 13.0. The van der Waals surface area contributed by atoms with Gasteiger partial charge in [-0.2, -0.15) is 0 Å². The van der Waals surface area contributed by atoms with Crippen LogP contribution >= 0.6 is 0 Å². The second-order valence-corrected chi connectivity index (χ2v) is 8.43. The predicted molar refractivity (Wildman–Crippen MR) is 114 cm³/mol. The van der Waals surface area contributed by atoms with Crippen LogP contribution in [0.4, 0.5) is 0 Å². The van der Waals surface area contributed by atoms with Crippen molar-refractivity contribution in [2.75, 3.05) is 26.7 Å². The Labute approximate surface area is 180 Å². The van der Waals surface area contributed by atoms with Gasteiger partial charge in [0.05, 0.1) is 13.0 Å². The van der Waals surface area contributed by atoms with Crippen molar-refractivity contribution in [2.45, 2.75) is 38.1 Å². The third-order valence-electron chi connectivity index (χ3n) is 6.39. The fourth-order valence-electron chi connectivity index (χ4n) is 4.71. The number of ether oxygens (including phenoxy) is 1. The highest BCUT2D eigenvalue weighted by atomic mass is 16.5. The Morgan fingerprint density at radius 2 is 2.03 bits per heavy atom. The van der Waals surface area contributed by atoms with Gasteiger partial charge in [0.2, 0.25) is 17.1 Å². The molecule has 2 aromatic rings. The van der Waals surface area contributed by atoms with E-state index < -0.39 is 17.1 Å². The van der Waals surface area contributed by atoms with Gasteiger partial charge in [-0.05, 0) is 56.5 Å². The van der Waals surface area contributed by atoms with E-state index in [9.17, 15) is 19.8 Å². The molecule has 0 spiro atoms. The summed E-state index contributed by atoms with van der Waals surface area (Å²) in [4.78, 5) is 27.6. The molecule has 3 aliphatic heterocycles. The highest BCUT2D eigenvalue weighted by molar-refractivity contribution is 5.78. The summed E-state index contributed by atoms with van der Waals surface area (Å²) in [7, 11) is 1.43. The number of aromatic hydroxyl groups is 2. The molecule has 3 aliphatic rings. The van der Waals surface area contributed by atoms with Crippen molar-refractivity contribution < 1.29 is 24.2 Å². The zero-order valence-electron chi connectivity index (χ0n) is 17.8.